The van der Waals surface area contributed by atoms with Crippen LogP contribution in [0.3, 0.4) is 0 Å². The molecule has 2 heterocycles. The number of benzene rings is 1. The van der Waals surface area contributed by atoms with E-state index in [-0.39, 0.29) is 0 Å². The Labute approximate surface area is 135 Å². The fraction of sp³-hybridized carbons (Fsp3) is 0.294. The molecule has 0 saturated heterocycles. The number of fused-ring (bicyclic) bond motifs is 1. The van der Waals surface area contributed by atoms with Gasteiger partial charge in [-0.3, -0.25) is 4.98 Å². The van der Waals surface area contributed by atoms with Crippen molar-refractivity contribution in [1.29, 1.82) is 0 Å². The van der Waals surface area contributed by atoms with E-state index in [1.165, 1.54) is 16.0 Å². The largest absolute Gasteiger partial charge is 0.465 e. The number of carbonyl (C=O) groups is 1. The van der Waals surface area contributed by atoms with Crippen LogP contribution in [0.2, 0.25) is 0 Å². The molecule has 1 amide bonds. The maximum atomic E-state index is 11.0. The number of rotatable bonds is 4. The minimum Gasteiger partial charge on any atom is -0.465 e. The summed E-state index contributed by atoms with van der Waals surface area (Å²) >= 11 is 0. The van der Waals surface area contributed by atoms with Crippen LogP contribution in [-0.2, 0) is 19.5 Å². The highest BCUT2D eigenvalue weighted by Crippen LogP contribution is 2.21. The van der Waals surface area contributed by atoms with Crippen LogP contribution < -0.4 is 5.43 Å². The molecule has 0 saturated carbocycles. The summed E-state index contributed by atoms with van der Waals surface area (Å²) in [6.07, 6.45) is 3.59. The molecule has 0 atom stereocenters. The lowest BCUT2D eigenvalue weighted by atomic mass is 9.98. The van der Waals surface area contributed by atoms with Crippen LogP contribution in [0.1, 0.15) is 16.7 Å². The van der Waals surface area contributed by atoms with Crippen LogP contribution in [0.5, 0.6) is 0 Å². The normalized spacial score (nSPS) is 14.1. The molecule has 0 bridgehead atoms. The van der Waals surface area contributed by atoms with Gasteiger partial charge in [-0.1, -0.05) is 18.2 Å². The molecule has 2 N–H and O–H groups in total. The Morgan fingerprint density at radius 2 is 2.09 bits per heavy atom. The monoisotopic (exact) mass is 312 g/mol. The lowest BCUT2D eigenvalue weighted by molar-refractivity contribution is 0.153. The number of pyridine rings is 1. The molecule has 0 unspecified atom stereocenters. The third-order valence-electron chi connectivity index (χ3n) is 4.00. The van der Waals surface area contributed by atoms with Gasteiger partial charge in [0.25, 0.3) is 0 Å². The summed E-state index contributed by atoms with van der Waals surface area (Å²) in [7, 11) is 1.58. The highest BCUT2D eigenvalue weighted by molar-refractivity contribution is 5.64. The van der Waals surface area contributed by atoms with Crippen LogP contribution in [0.25, 0.3) is 0 Å². The average molecular weight is 312 g/mol. The van der Waals surface area contributed by atoms with Crippen molar-refractivity contribution in [1.82, 2.24) is 14.9 Å². The Kier molecular flexibility index (Phi) is 4.43. The molecule has 23 heavy (non-hydrogen) atoms. The predicted octanol–water partition coefficient (Wildman–Crippen LogP) is 2.58. The Balaban J connectivity index is 1.70. The van der Waals surface area contributed by atoms with Crippen molar-refractivity contribution in [2.75, 3.05) is 19.0 Å². The molecule has 3 rings (SSSR count). The van der Waals surface area contributed by atoms with E-state index >= 15 is 0 Å². The molecule has 2 aromatic rings. The molecule has 1 aliphatic rings. The summed E-state index contributed by atoms with van der Waals surface area (Å²) in [4.78, 5) is 16.3. The number of carboxylic acid groups (broad SMARTS) is 1. The minimum absolute atomic E-state index is 0.403. The van der Waals surface area contributed by atoms with Gasteiger partial charge in [-0.05, 0) is 35.2 Å². The molecular formula is C17H20N4O2. The third-order valence-corrected chi connectivity index (χ3v) is 4.00. The lowest BCUT2D eigenvalue weighted by Gasteiger charge is -2.30. The van der Waals surface area contributed by atoms with Gasteiger partial charge in [-0.2, -0.15) is 0 Å². The van der Waals surface area contributed by atoms with Gasteiger partial charge in [0, 0.05) is 39.1 Å². The smallest absolute Gasteiger partial charge is 0.407 e. The summed E-state index contributed by atoms with van der Waals surface area (Å²) in [6.45, 7) is 2.13. The quantitative estimate of drug-likeness (QED) is 0.908. The molecule has 6 heteroatoms. The topological polar surface area (TPSA) is 68.7 Å². The number of aromatic nitrogens is 1. The van der Waals surface area contributed by atoms with Gasteiger partial charge >= 0.3 is 6.09 Å². The minimum atomic E-state index is -0.913. The van der Waals surface area contributed by atoms with Gasteiger partial charge in [0.1, 0.15) is 0 Å². The van der Waals surface area contributed by atoms with Gasteiger partial charge in [0.05, 0.1) is 5.69 Å². The van der Waals surface area contributed by atoms with E-state index in [1.807, 2.05) is 18.2 Å². The number of nitrogens with one attached hydrogen (secondary N) is 1. The molecular weight excluding hydrogens is 292 g/mol. The summed E-state index contributed by atoms with van der Waals surface area (Å²) in [6, 6.07) is 10.1. The second kappa shape index (κ2) is 6.66. The van der Waals surface area contributed by atoms with Crippen LogP contribution in [0, 0.1) is 0 Å². The zero-order chi connectivity index (χ0) is 16.2. The Hall–Kier alpha value is -2.60. The van der Waals surface area contributed by atoms with E-state index in [9.17, 15) is 4.79 Å². The first-order valence-corrected chi connectivity index (χ1v) is 7.58. The van der Waals surface area contributed by atoms with E-state index in [4.69, 9.17) is 5.11 Å². The molecule has 120 valence electrons. The summed E-state index contributed by atoms with van der Waals surface area (Å²) < 4.78 is 0. The lowest BCUT2D eigenvalue weighted by Crippen LogP contribution is -2.35. The van der Waals surface area contributed by atoms with Crippen molar-refractivity contribution in [2.24, 2.45) is 0 Å². The Morgan fingerprint density at radius 1 is 1.30 bits per heavy atom. The first kappa shape index (κ1) is 15.3. The van der Waals surface area contributed by atoms with Crippen molar-refractivity contribution in [3.05, 3.63) is 59.4 Å². The van der Waals surface area contributed by atoms with Crippen molar-refractivity contribution in [2.45, 2.75) is 19.5 Å². The maximum absolute atomic E-state index is 11.0. The number of hydrogen-bond donors (Lipinski definition) is 2. The number of anilines is 1. The number of nitrogens with zero attached hydrogens (tertiary/aromatic N) is 3. The Morgan fingerprint density at radius 3 is 2.83 bits per heavy atom. The molecule has 0 spiro atoms. The molecule has 1 aromatic heterocycles. The number of hydrazine groups is 1. The van der Waals surface area contributed by atoms with E-state index in [0.717, 1.165) is 30.8 Å². The van der Waals surface area contributed by atoms with E-state index in [1.54, 1.807) is 19.4 Å². The fourth-order valence-corrected chi connectivity index (χ4v) is 2.75. The van der Waals surface area contributed by atoms with Crippen molar-refractivity contribution >= 4 is 11.8 Å². The van der Waals surface area contributed by atoms with Crippen LogP contribution in [0.4, 0.5) is 10.5 Å². The standard InChI is InChI=1S/C17H20N4O2/c1-20(17(22)23)11-13-2-3-14-6-9-21(12-15(14)10-13)19-16-4-7-18-8-5-16/h2-5,7-8,10H,6,9,11-12H2,1H3,(H,18,19)(H,22,23). The summed E-state index contributed by atoms with van der Waals surface area (Å²) in [5.74, 6) is 0. The van der Waals surface area contributed by atoms with E-state index in [0.29, 0.717) is 6.54 Å². The predicted molar refractivity (Wildman–Crippen MR) is 87.9 cm³/mol. The first-order valence-electron chi connectivity index (χ1n) is 7.58. The SMILES string of the molecule is CN(Cc1ccc2c(c1)CN(Nc1ccncc1)CC2)C(=O)O. The number of amides is 1. The molecule has 1 aromatic carbocycles. The Bertz CT molecular complexity index is 690. The maximum Gasteiger partial charge on any atom is 0.407 e. The third kappa shape index (κ3) is 3.78. The highest BCUT2D eigenvalue weighted by atomic mass is 16.4. The zero-order valence-electron chi connectivity index (χ0n) is 13.1. The molecule has 1 aliphatic heterocycles. The first-order chi connectivity index (χ1) is 11.1. The van der Waals surface area contributed by atoms with Crippen LogP contribution >= 0.6 is 0 Å². The zero-order valence-corrected chi connectivity index (χ0v) is 13.1. The van der Waals surface area contributed by atoms with E-state index < -0.39 is 6.09 Å². The molecule has 0 fully saturated rings. The van der Waals surface area contributed by atoms with Crippen LogP contribution in [-0.4, -0.2) is 39.7 Å². The molecule has 0 radical (unpaired) electrons. The molecule has 6 nitrogen and oxygen atoms in total. The highest BCUT2D eigenvalue weighted by Gasteiger charge is 2.17. The van der Waals surface area contributed by atoms with E-state index in [2.05, 4.69) is 27.6 Å². The second-order valence-electron chi connectivity index (χ2n) is 5.76. The summed E-state index contributed by atoms with van der Waals surface area (Å²) in [5.41, 5.74) is 8.00. The van der Waals surface area contributed by atoms with Crippen molar-refractivity contribution in [3.63, 3.8) is 0 Å². The fourth-order valence-electron chi connectivity index (χ4n) is 2.75. The van der Waals surface area contributed by atoms with Gasteiger partial charge in [0.2, 0.25) is 0 Å². The summed E-state index contributed by atoms with van der Waals surface area (Å²) in [5, 5.41) is 11.2. The molecule has 0 aliphatic carbocycles. The van der Waals surface area contributed by atoms with Crippen molar-refractivity contribution < 1.29 is 9.90 Å². The van der Waals surface area contributed by atoms with Gasteiger partial charge in [-0.15, -0.1) is 0 Å². The number of hydrogen-bond acceptors (Lipinski definition) is 4. The average Bonchev–Trinajstić information content (AvgIpc) is 2.55. The van der Waals surface area contributed by atoms with Crippen LogP contribution in [0.15, 0.2) is 42.7 Å². The van der Waals surface area contributed by atoms with Gasteiger partial charge < -0.3 is 15.4 Å². The van der Waals surface area contributed by atoms with Crippen molar-refractivity contribution in [3.8, 4) is 0 Å². The van der Waals surface area contributed by atoms with Gasteiger partial charge in [0.15, 0.2) is 0 Å². The van der Waals surface area contributed by atoms with Gasteiger partial charge in [-0.25, -0.2) is 9.80 Å². The second-order valence-corrected chi connectivity index (χ2v) is 5.76.